The van der Waals surface area contributed by atoms with Crippen LogP contribution in [-0.2, 0) is 14.3 Å². The standard InChI is InChI=1S/C12H16F3NO4/c1-20-11(3-2-4-11)8(17)16-6-5-10(7-16,9(18)19)12(13,14)15/h2-7H2,1H3,(H,18,19)/t10-/m1/s1. The Bertz CT molecular complexity index is 427. The molecular formula is C12H16F3NO4. The predicted octanol–water partition coefficient (Wildman–Crippen LogP) is 1.42. The topological polar surface area (TPSA) is 66.8 Å². The number of likely N-dealkylation sites (tertiary alicyclic amines) is 1. The molecule has 1 atom stereocenters. The summed E-state index contributed by atoms with van der Waals surface area (Å²) in [4.78, 5) is 24.3. The molecule has 8 heteroatoms. The van der Waals surface area contributed by atoms with Crippen LogP contribution in [0.25, 0.3) is 0 Å². The lowest BCUT2D eigenvalue weighted by Gasteiger charge is -2.41. The quantitative estimate of drug-likeness (QED) is 0.855. The number of carbonyl (C=O) groups excluding carboxylic acids is 1. The second-order valence-electron chi connectivity index (χ2n) is 5.41. The van der Waals surface area contributed by atoms with Crippen LogP contribution in [0.5, 0.6) is 0 Å². The molecule has 1 amide bonds. The minimum atomic E-state index is -4.88. The molecule has 0 aromatic heterocycles. The average molecular weight is 295 g/mol. The lowest BCUT2D eigenvalue weighted by atomic mass is 9.78. The fourth-order valence-corrected chi connectivity index (χ4v) is 2.80. The zero-order valence-corrected chi connectivity index (χ0v) is 11.0. The van der Waals surface area contributed by atoms with Gasteiger partial charge in [-0.2, -0.15) is 13.2 Å². The highest BCUT2D eigenvalue weighted by Gasteiger charge is 2.65. The minimum Gasteiger partial charge on any atom is -0.481 e. The van der Waals surface area contributed by atoms with Gasteiger partial charge in [0.2, 0.25) is 0 Å². The Balaban J connectivity index is 2.19. The van der Waals surface area contributed by atoms with Crippen molar-refractivity contribution < 1.29 is 32.6 Å². The molecule has 2 aliphatic rings. The van der Waals surface area contributed by atoms with Gasteiger partial charge in [0.25, 0.3) is 5.91 Å². The van der Waals surface area contributed by atoms with Crippen LogP contribution >= 0.6 is 0 Å². The van der Waals surface area contributed by atoms with Crippen LogP contribution in [0.15, 0.2) is 0 Å². The molecule has 0 radical (unpaired) electrons. The maximum atomic E-state index is 13.0. The summed E-state index contributed by atoms with van der Waals surface area (Å²) in [5.41, 5.74) is -3.92. The largest absolute Gasteiger partial charge is 0.481 e. The molecule has 1 saturated carbocycles. The summed E-state index contributed by atoms with van der Waals surface area (Å²) in [6.45, 7) is -1.05. The van der Waals surface area contributed by atoms with Crippen molar-refractivity contribution in [3.63, 3.8) is 0 Å². The van der Waals surface area contributed by atoms with Crippen LogP contribution in [0.1, 0.15) is 25.7 Å². The van der Waals surface area contributed by atoms with Gasteiger partial charge in [0, 0.05) is 20.2 Å². The predicted molar refractivity (Wildman–Crippen MR) is 60.9 cm³/mol. The number of hydrogen-bond donors (Lipinski definition) is 1. The minimum absolute atomic E-state index is 0.213. The Kier molecular flexibility index (Phi) is 3.48. The van der Waals surface area contributed by atoms with E-state index in [2.05, 4.69) is 0 Å². The fraction of sp³-hybridized carbons (Fsp3) is 0.833. The van der Waals surface area contributed by atoms with Crippen molar-refractivity contribution >= 4 is 11.9 Å². The van der Waals surface area contributed by atoms with Crippen molar-refractivity contribution in [2.45, 2.75) is 37.5 Å². The first kappa shape index (κ1) is 15.1. The highest BCUT2D eigenvalue weighted by Crippen LogP contribution is 2.47. The zero-order valence-electron chi connectivity index (χ0n) is 11.0. The van der Waals surface area contributed by atoms with Crippen LogP contribution in [0, 0.1) is 5.41 Å². The number of carbonyl (C=O) groups is 2. The maximum Gasteiger partial charge on any atom is 0.406 e. The zero-order chi connectivity index (χ0) is 15.2. The Morgan fingerprint density at radius 1 is 1.25 bits per heavy atom. The molecule has 0 bridgehead atoms. The Morgan fingerprint density at radius 3 is 2.15 bits per heavy atom. The molecule has 114 valence electrons. The molecule has 5 nitrogen and oxygen atoms in total. The molecule has 0 aromatic carbocycles. The second kappa shape index (κ2) is 4.61. The molecule has 1 saturated heterocycles. The van der Waals surface area contributed by atoms with Crippen molar-refractivity contribution in [3.05, 3.63) is 0 Å². The molecular weight excluding hydrogens is 279 g/mol. The van der Waals surface area contributed by atoms with Gasteiger partial charge in [-0.25, -0.2) is 0 Å². The first-order valence-electron chi connectivity index (χ1n) is 6.33. The number of methoxy groups -OCH3 is 1. The first-order valence-corrected chi connectivity index (χ1v) is 6.33. The molecule has 1 heterocycles. The number of hydrogen-bond acceptors (Lipinski definition) is 3. The van der Waals surface area contributed by atoms with Crippen molar-refractivity contribution in [2.24, 2.45) is 5.41 Å². The van der Waals surface area contributed by atoms with Gasteiger partial charge in [0.1, 0.15) is 5.60 Å². The number of rotatable bonds is 3. The summed E-state index contributed by atoms with van der Waals surface area (Å²) in [5.74, 6) is -2.46. The number of carboxylic acid groups (broad SMARTS) is 1. The summed E-state index contributed by atoms with van der Waals surface area (Å²) < 4.78 is 44.2. The number of carboxylic acids is 1. The van der Waals surface area contributed by atoms with Gasteiger partial charge in [0.15, 0.2) is 5.41 Å². The fourth-order valence-electron chi connectivity index (χ4n) is 2.80. The number of amides is 1. The molecule has 20 heavy (non-hydrogen) atoms. The number of halogens is 3. The maximum absolute atomic E-state index is 13.0. The van der Waals surface area contributed by atoms with E-state index < -0.39 is 42.0 Å². The van der Waals surface area contributed by atoms with E-state index in [0.717, 1.165) is 11.3 Å². The smallest absolute Gasteiger partial charge is 0.406 e. The molecule has 0 aromatic rings. The lowest BCUT2D eigenvalue weighted by Crippen LogP contribution is -2.55. The SMILES string of the molecule is COC1(C(=O)N2CC[C@@](C(=O)O)(C(F)(F)F)C2)CCC1. The van der Waals surface area contributed by atoms with E-state index in [4.69, 9.17) is 9.84 Å². The normalized spacial score (nSPS) is 29.1. The monoisotopic (exact) mass is 295 g/mol. The van der Waals surface area contributed by atoms with Gasteiger partial charge in [0.05, 0.1) is 0 Å². The van der Waals surface area contributed by atoms with E-state index >= 15 is 0 Å². The molecule has 1 aliphatic carbocycles. The molecule has 1 N–H and O–H groups in total. The highest BCUT2D eigenvalue weighted by molar-refractivity contribution is 5.88. The van der Waals surface area contributed by atoms with Gasteiger partial charge in [-0.15, -0.1) is 0 Å². The van der Waals surface area contributed by atoms with Gasteiger partial charge in [-0.1, -0.05) is 0 Å². The van der Waals surface area contributed by atoms with E-state index in [1.54, 1.807) is 0 Å². The van der Waals surface area contributed by atoms with E-state index in [9.17, 15) is 22.8 Å². The van der Waals surface area contributed by atoms with Crippen molar-refractivity contribution in [1.82, 2.24) is 4.90 Å². The van der Waals surface area contributed by atoms with Gasteiger partial charge < -0.3 is 14.7 Å². The average Bonchev–Trinajstić information content (AvgIpc) is 2.73. The highest BCUT2D eigenvalue weighted by atomic mass is 19.4. The van der Waals surface area contributed by atoms with Crippen LogP contribution in [0.4, 0.5) is 13.2 Å². The van der Waals surface area contributed by atoms with Gasteiger partial charge in [-0.3, -0.25) is 9.59 Å². The van der Waals surface area contributed by atoms with Crippen molar-refractivity contribution in [1.29, 1.82) is 0 Å². The van der Waals surface area contributed by atoms with E-state index in [1.165, 1.54) is 7.11 Å². The van der Waals surface area contributed by atoms with Gasteiger partial charge in [-0.05, 0) is 25.7 Å². The molecule has 2 rings (SSSR count). The summed E-state index contributed by atoms with van der Waals surface area (Å²) in [5, 5.41) is 8.94. The van der Waals surface area contributed by atoms with Crippen LogP contribution in [0.2, 0.25) is 0 Å². The van der Waals surface area contributed by atoms with E-state index in [0.29, 0.717) is 12.8 Å². The Hall–Kier alpha value is -1.31. The summed E-state index contributed by atoms with van der Waals surface area (Å²) in [7, 11) is 1.35. The van der Waals surface area contributed by atoms with Crippen LogP contribution in [0.3, 0.4) is 0 Å². The molecule has 1 aliphatic heterocycles. The van der Waals surface area contributed by atoms with Crippen molar-refractivity contribution in [3.8, 4) is 0 Å². The van der Waals surface area contributed by atoms with E-state index in [1.807, 2.05) is 0 Å². The molecule has 2 fully saturated rings. The lowest BCUT2D eigenvalue weighted by molar-refractivity contribution is -0.227. The third kappa shape index (κ3) is 1.97. The summed E-state index contributed by atoms with van der Waals surface area (Å²) in [6, 6.07) is 0. The molecule has 0 spiro atoms. The Labute approximate surface area is 113 Å². The second-order valence-corrected chi connectivity index (χ2v) is 5.41. The molecule has 0 unspecified atom stereocenters. The number of nitrogens with zero attached hydrogens (tertiary/aromatic N) is 1. The van der Waals surface area contributed by atoms with Crippen LogP contribution < -0.4 is 0 Å². The summed E-state index contributed by atoms with van der Waals surface area (Å²) in [6.07, 6.45) is -3.79. The Morgan fingerprint density at radius 2 is 1.85 bits per heavy atom. The third-order valence-corrected chi connectivity index (χ3v) is 4.45. The van der Waals surface area contributed by atoms with E-state index in [-0.39, 0.29) is 6.54 Å². The number of alkyl halides is 3. The summed E-state index contributed by atoms with van der Waals surface area (Å²) >= 11 is 0. The van der Waals surface area contributed by atoms with Gasteiger partial charge >= 0.3 is 12.1 Å². The van der Waals surface area contributed by atoms with Crippen molar-refractivity contribution in [2.75, 3.05) is 20.2 Å². The third-order valence-electron chi connectivity index (χ3n) is 4.45. The number of ether oxygens (including phenoxy) is 1. The van der Waals surface area contributed by atoms with Crippen LogP contribution in [-0.4, -0.2) is 53.9 Å². The first-order chi connectivity index (χ1) is 9.18. The number of aliphatic carboxylic acids is 1.